The number of aromatic carboxylic acids is 1. The molecule has 2 rings (SSSR count). The van der Waals surface area contributed by atoms with Crippen LogP contribution in [0.3, 0.4) is 0 Å². The van der Waals surface area contributed by atoms with E-state index in [9.17, 15) is 13.2 Å². The largest absolute Gasteiger partial charge is 0.476 e. The molecule has 1 heterocycles. The molecule has 0 bridgehead atoms. The van der Waals surface area contributed by atoms with E-state index in [-0.39, 0.29) is 10.3 Å². The van der Waals surface area contributed by atoms with Crippen molar-refractivity contribution in [3.8, 4) is 0 Å². The molecule has 1 aliphatic rings. The second-order valence-corrected chi connectivity index (χ2v) is 6.50. The summed E-state index contributed by atoms with van der Waals surface area (Å²) in [5, 5.41) is 17.8. The van der Waals surface area contributed by atoms with Gasteiger partial charge in [-0.25, -0.2) is 22.9 Å². The van der Waals surface area contributed by atoms with Gasteiger partial charge in [0.15, 0.2) is 9.90 Å². The molecule has 1 fully saturated rings. The highest BCUT2D eigenvalue weighted by molar-refractivity contribution is 7.91. The van der Waals surface area contributed by atoms with E-state index in [0.717, 1.165) is 11.3 Å². The molecule has 1 saturated carbocycles. The minimum absolute atomic E-state index is 0.300. The van der Waals surface area contributed by atoms with Crippen LogP contribution in [0.2, 0.25) is 0 Å². The van der Waals surface area contributed by atoms with E-state index in [1.807, 2.05) is 0 Å². The molecule has 17 heavy (non-hydrogen) atoms. The zero-order chi connectivity index (χ0) is 12.6. The number of carbonyl (C=O) groups is 1. The first-order valence-electron chi connectivity index (χ1n) is 4.77. The summed E-state index contributed by atoms with van der Waals surface area (Å²) in [6, 6.07) is -0.334. The number of rotatable bonds is 4. The summed E-state index contributed by atoms with van der Waals surface area (Å²) < 4.78 is 25.7. The third kappa shape index (κ3) is 2.46. The Labute approximate surface area is 101 Å². The monoisotopic (exact) mass is 278 g/mol. The number of aliphatic hydroxyl groups is 1. The Bertz CT molecular complexity index is 532. The van der Waals surface area contributed by atoms with E-state index >= 15 is 0 Å². The molecule has 0 aliphatic heterocycles. The molecule has 9 heteroatoms. The second kappa shape index (κ2) is 4.33. The topological polar surface area (TPSA) is 117 Å². The number of thiazole rings is 1. The first-order valence-corrected chi connectivity index (χ1v) is 7.13. The van der Waals surface area contributed by atoms with Gasteiger partial charge in [0.05, 0.1) is 11.6 Å². The van der Waals surface area contributed by atoms with E-state index in [4.69, 9.17) is 10.2 Å². The predicted octanol–water partition coefficient (Wildman–Crippen LogP) is -0.357. The molecule has 1 aromatic heterocycles. The third-order valence-electron chi connectivity index (χ3n) is 2.42. The highest BCUT2D eigenvalue weighted by Gasteiger charge is 2.34. The molecule has 0 radical (unpaired) electrons. The Kier molecular flexibility index (Phi) is 3.17. The summed E-state index contributed by atoms with van der Waals surface area (Å²) in [7, 11) is -3.86. The first-order chi connectivity index (χ1) is 7.90. The molecule has 0 atom stereocenters. The van der Waals surface area contributed by atoms with Crippen LogP contribution < -0.4 is 4.72 Å². The number of nitrogens with zero attached hydrogens (tertiary/aromatic N) is 1. The lowest BCUT2D eigenvalue weighted by Gasteiger charge is -2.31. The smallest absolute Gasteiger partial charge is 0.356 e. The maximum absolute atomic E-state index is 11.8. The van der Waals surface area contributed by atoms with E-state index in [2.05, 4.69) is 9.71 Å². The molecule has 94 valence electrons. The van der Waals surface area contributed by atoms with Gasteiger partial charge in [-0.15, -0.1) is 11.3 Å². The fraction of sp³-hybridized carbons (Fsp3) is 0.500. The molecule has 0 amide bonds. The van der Waals surface area contributed by atoms with Gasteiger partial charge in [0.2, 0.25) is 0 Å². The van der Waals surface area contributed by atoms with Crippen LogP contribution in [0.5, 0.6) is 0 Å². The van der Waals surface area contributed by atoms with Crippen molar-refractivity contribution < 1.29 is 23.4 Å². The number of sulfonamides is 1. The predicted molar refractivity (Wildman–Crippen MR) is 58.4 cm³/mol. The van der Waals surface area contributed by atoms with Crippen LogP contribution in [0.1, 0.15) is 23.3 Å². The fourth-order valence-corrected chi connectivity index (χ4v) is 3.94. The number of aliphatic hydroxyl groups excluding tert-OH is 1. The molecular weight excluding hydrogens is 268 g/mol. The van der Waals surface area contributed by atoms with Crippen molar-refractivity contribution in [2.45, 2.75) is 29.2 Å². The molecule has 0 unspecified atom stereocenters. The highest BCUT2D eigenvalue weighted by atomic mass is 32.2. The van der Waals surface area contributed by atoms with Crippen molar-refractivity contribution in [1.82, 2.24) is 9.71 Å². The van der Waals surface area contributed by atoms with Gasteiger partial charge in [-0.2, -0.15) is 0 Å². The van der Waals surface area contributed by atoms with Crippen LogP contribution >= 0.6 is 11.3 Å². The lowest BCUT2D eigenvalue weighted by molar-refractivity contribution is 0.0681. The Morgan fingerprint density at radius 1 is 1.53 bits per heavy atom. The number of aromatic nitrogens is 1. The first kappa shape index (κ1) is 12.4. The van der Waals surface area contributed by atoms with Crippen LogP contribution in [-0.4, -0.2) is 41.7 Å². The van der Waals surface area contributed by atoms with Crippen molar-refractivity contribution in [1.29, 1.82) is 0 Å². The van der Waals surface area contributed by atoms with Crippen molar-refractivity contribution in [3.05, 3.63) is 11.2 Å². The van der Waals surface area contributed by atoms with Gasteiger partial charge in [-0.1, -0.05) is 0 Å². The van der Waals surface area contributed by atoms with Gasteiger partial charge in [-0.3, -0.25) is 0 Å². The molecule has 0 aromatic carbocycles. The number of carboxylic acids is 1. The normalized spacial score (nSPS) is 24.3. The van der Waals surface area contributed by atoms with Gasteiger partial charge in [0.25, 0.3) is 10.0 Å². The maximum Gasteiger partial charge on any atom is 0.356 e. The van der Waals surface area contributed by atoms with Crippen LogP contribution in [0.4, 0.5) is 0 Å². The van der Waals surface area contributed by atoms with E-state index in [0.29, 0.717) is 12.8 Å². The molecule has 0 spiro atoms. The standard InChI is InChI=1S/C8H10N2O5S2/c11-5-1-4(2-5)10-17(14,15)8-6(7(12)13)9-3-16-8/h3-5,10-11H,1-2H2,(H,12,13). The quantitative estimate of drug-likeness (QED) is 0.692. The minimum Gasteiger partial charge on any atom is -0.476 e. The lowest BCUT2D eigenvalue weighted by atomic mass is 9.91. The average molecular weight is 278 g/mol. The lowest BCUT2D eigenvalue weighted by Crippen LogP contribution is -2.46. The van der Waals surface area contributed by atoms with Gasteiger partial charge in [0, 0.05) is 6.04 Å². The van der Waals surface area contributed by atoms with Gasteiger partial charge in [-0.05, 0) is 12.8 Å². The minimum atomic E-state index is -3.86. The molecule has 1 aromatic rings. The summed E-state index contributed by atoms with van der Waals surface area (Å²) >= 11 is 0.757. The summed E-state index contributed by atoms with van der Waals surface area (Å²) in [4.78, 5) is 14.3. The van der Waals surface area contributed by atoms with Gasteiger partial charge in [0.1, 0.15) is 0 Å². The van der Waals surface area contributed by atoms with Gasteiger partial charge >= 0.3 is 5.97 Å². The molecule has 0 saturated heterocycles. The van der Waals surface area contributed by atoms with E-state index in [1.54, 1.807) is 0 Å². The zero-order valence-corrected chi connectivity index (χ0v) is 10.2. The summed E-state index contributed by atoms with van der Waals surface area (Å²) in [5.74, 6) is -1.37. The zero-order valence-electron chi connectivity index (χ0n) is 8.53. The van der Waals surface area contributed by atoms with Crippen LogP contribution in [-0.2, 0) is 10.0 Å². The summed E-state index contributed by atoms with van der Waals surface area (Å²) in [6.07, 6.45) is 0.212. The van der Waals surface area contributed by atoms with Crippen molar-refractivity contribution in [2.24, 2.45) is 0 Å². The summed E-state index contributed by atoms with van der Waals surface area (Å²) in [5.41, 5.74) is 0.704. The number of nitrogens with one attached hydrogen (secondary N) is 1. The van der Waals surface area contributed by atoms with Crippen LogP contribution in [0.15, 0.2) is 9.72 Å². The average Bonchev–Trinajstić information content (AvgIpc) is 2.63. The van der Waals surface area contributed by atoms with E-state index in [1.165, 1.54) is 5.51 Å². The van der Waals surface area contributed by atoms with Crippen molar-refractivity contribution in [3.63, 3.8) is 0 Å². The molecule has 3 N–H and O–H groups in total. The van der Waals surface area contributed by atoms with Gasteiger partial charge < -0.3 is 10.2 Å². The Balaban J connectivity index is 2.20. The van der Waals surface area contributed by atoms with Crippen molar-refractivity contribution >= 4 is 27.3 Å². The summed E-state index contributed by atoms with van der Waals surface area (Å²) in [6.45, 7) is 0. The third-order valence-corrected chi connectivity index (χ3v) is 5.31. The molecule has 7 nitrogen and oxygen atoms in total. The SMILES string of the molecule is O=C(O)c1ncsc1S(=O)(=O)NC1CC(O)C1. The number of hydrogen-bond donors (Lipinski definition) is 3. The number of carboxylic acid groups (broad SMARTS) is 1. The Morgan fingerprint density at radius 3 is 2.71 bits per heavy atom. The van der Waals surface area contributed by atoms with Crippen molar-refractivity contribution in [2.75, 3.05) is 0 Å². The Morgan fingerprint density at radius 2 is 2.18 bits per heavy atom. The fourth-order valence-electron chi connectivity index (χ4n) is 1.53. The van der Waals surface area contributed by atoms with E-state index < -0.39 is 27.8 Å². The van der Waals surface area contributed by atoms with Crippen LogP contribution in [0.25, 0.3) is 0 Å². The van der Waals surface area contributed by atoms with Crippen LogP contribution in [0, 0.1) is 0 Å². The molecule has 1 aliphatic carbocycles. The molecular formula is C8H10N2O5S2. The highest BCUT2D eigenvalue weighted by Crippen LogP contribution is 2.25. The number of hydrogen-bond acceptors (Lipinski definition) is 6. The Hall–Kier alpha value is -1.03. The second-order valence-electron chi connectivity index (χ2n) is 3.74. The maximum atomic E-state index is 11.8.